The number of thioether (sulfide) groups is 1. The molecule has 6 nitrogen and oxygen atoms in total. The molecule has 0 bridgehead atoms. The Morgan fingerprint density at radius 1 is 1.15 bits per heavy atom. The lowest BCUT2D eigenvalue weighted by atomic mass is 10.1. The summed E-state index contributed by atoms with van der Waals surface area (Å²) in [6.45, 7) is 3.21. The SMILES string of the molecule is CC(=O)c1ccc(NC(=O)[C@@H](C)Sc2nncn2-c2ccccc2F)cc1. The second-order valence-electron chi connectivity index (χ2n) is 5.82. The van der Waals surface area contributed by atoms with Crippen LogP contribution in [0.15, 0.2) is 60.0 Å². The number of ketones is 1. The van der Waals surface area contributed by atoms with Crippen molar-refractivity contribution >= 4 is 29.1 Å². The van der Waals surface area contributed by atoms with E-state index >= 15 is 0 Å². The zero-order chi connectivity index (χ0) is 19.4. The van der Waals surface area contributed by atoms with Gasteiger partial charge in [-0.25, -0.2) is 4.39 Å². The van der Waals surface area contributed by atoms with Crippen LogP contribution in [0.1, 0.15) is 24.2 Å². The number of hydrogen-bond donors (Lipinski definition) is 1. The molecule has 1 amide bonds. The van der Waals surface area contributed by atoms with Gasteiger partial charge in [0.2, 0.25) is 5.91 Å². The van der Waals surface area contributed by atoms with Gasteiger partial charge in [-0.2, -0.15) is 0 Å². The highest BCUT2D eigenvalue weighted by Crippen LogP contribution is 2.25. The third-order valence-electron chi connectivity index (χ3n) is 3.84. The number of aromatic nitrogens is 3. The van der Waals surface area contributed by atoms with Crippen LogP contribution >= 0.6 is 11.8 Å². The van der Waals surface area contributed by atoms with Crippen LogP contribution in [0, 0.1) is 5.82 Å². The van der Waals surface area contributed by atoms with Crippen molar-refractivity contribution in [3.63, 3.8) is 0 Å². The summed E-state index contributed by atoms with van der Waals surface area (Å²) < 4.78 is 15.5. The van der Waals surface area contributed by atoms with E-state index in [1.165, 1.54) is 35.6 Å². The number of amides is 1. The highest BCUT2D eigenvalue weighted by molar-refractivity contribution is 8.00. The van der Waals surface area contributed by atoms with Crippen molar-refractivity contribution in [1.82, 2.24) is 14.8 Å². The Hall–Kier alpha value is -3.00. The summed E-state index contributed by atoms with van der Waals surface area (Å²) in [6.07, 6.45) is 1.41. The minimum atomic E-state index is -0.493. The number of rotatable bonds is 6. The number of para-hydroxylation sites is 1. The molecule has 1 heterocycles. The van der Waals surface area contributed by atoms with Gasteiger partial charge in [-0.05, 0) is 50.2 Å². The Kier molecular flexibility index (Phi) is 5.66. The molecule has 0 aliphatic carbocycles. The number of carbonyl (C=O) groups excluding carboxylic acids is 2. The molecule has 1 N–H and O–H groups in total. The van der Waals surface area contributed by atoms with Crippen molar-refractivity contribution in [3.05, 3.63) is 66.2 Å². The van der Waals surface area contributed by atoms with Crippen molar-refractivity contribution in [2.75, 3.05) is 5.32 Å². The number of hydrogen-bond acceptors (Lipinski definition) is 5. The van der Waals surface area contributed by atoms with Crippen LogP contribution in [0.3, 0.4) is 0 Å². The molecule has 138 valence electrons. The maximum atomic E-state index is 14.0. The van der Waals surface area contributed by atoms with Gasteiger partial charge in [0.25, 0.3) is 0 Å². The van der Waals surface area contributed by atoms with E-state index in [1.54, 1.807) is 49.4 Å². The van der Waals surface area contributed by atoms with Gasteiger partial charge >= 0.3 is 0 Å². The lowest BCUT2D eigenvalue weighted by Crippen LogP contribution is -2.22. The third-order valence-corrected chi connectivity index (χ3v) is 4.90. The molecule has 3 aromatic rings. The lowest BCUT2D eigenvalue weighted by Gasteiger charge is -2.13. The predicted molar refractivity (Wildman–Crippen MR) is 102 cm³/mol. The smallest absolute Gasteiger partial charge is 0.237 e. The van der Waals surface area contributed by atoms with Crippen LogP contribution in [0.2, 0.25) is 0 Å². The van der Waals surface area contributed by atoms with Crippen LogP contribution < -0.4 is 5.32 Å². The van der Waals surface area contributed by atoms with E-state index in [0.29, 0.717) is 22.1 Å². The molecule has 0 fully saturated rings. The van der Waals surface area contributed by atoms with Gasteiger partial charge in [0.1, 0.15) is 12.1 Å². The predicted octanol–water partition coefficient (Wildman–Crippen LogP) is 3.73. The Morgan fingerprint density at radius 3 is 2.52 bits per heavy atom. The highest BCUT2D eigenvalue weighted by Gasteiger charge is 2.19. The Bertz CT molecular complexity index is 972. The number of anilines is 1. The molecule has 27 heavy (non-hydrogen) atoms. The molecule has 0 spiro atoms. The molecule has 8 heteroatoms. The zero-order valence-electron chi connectivity index (χ0n) is 14.7. The summed E-state index contributed by atoms with van der Waals surface area (Å²) in [7, 11) is 0. The maximum absolute atomic E-state index is 14.0. The molecule has 0 aliphatic heterocycles. The first kappa shape index (κ1) is 18.8. The fourth-order valence-corrected chi connectivity index (χ4v) is 3.20. The minimum absolute atomic E-state index is 0.0377. The van der Waals surface area contributed by atoms with Crippen molar-refractivity contribution in [2.24, 2.45) is 0 Å². The van der Waals surface area contributed by atoms with E-state index < -0.39 is 11.1 Å². The van der Waals surface area contributed by atoms with E-state index in [-0.39, 0.29) is 11.7 Å². The summed E-state index contributed by atoms with van der Waals surface area (Å²) in [5.74, 6) is -0.676. The average molecular weight is 384 g/mol. The topological polar surface area (TPSA) is 76.9 Å². The monoisotopic (exact) mass is 384 g/mol. The van der Waals surface area contributed by atoms with E-state index in [9.17, 15) is 14.0 Å². The van der Waals surface area contributed by atoms with Crippen molar-refractivity contribution in [1.29, 1.82) is 0 Å². The van der Waals surface area contributed by atoms with E-state index in [4.69, 9.17) is 0 Å². The molecule has 0 radical (unpaired) electrons. The third kappa shape index (κ3) is 4.40. The van der Waals surface area contributed by atoms with Crippen LogP contribution in [-0.4, -0.2) is 31.7 Å². The number of halogens is 1. The van der Waals surface area contributed by atoms with Gasteiger partial charge in [-0.1, -0.05) is 23.9 Å². The number of benzene rings is 2. The number of Topliss-reactive ketones (excluding diaryl/α,β-unsaturated/α-hetero) is 1. The second-order valence-corrected chi connectivity index (χ2v) is 7.13. The van der Waals surface area contributed by atoms with Gasteiger partial charge < -0.3 is 5.32 Å². The Balaban J connectivity index is 1.70. The van der Waals surface area contributed by atoms with Gasteiger partial charge in [0, 0.05) is 11.3 Å². The average Bonchev–Trinajstić information content (AvgIpc) is 3.10. The maximum Gasteiger partial charge on any atom is 0.237 e. The largest absolute Gasteiger partial charge is 0.325 e. The number of nitrogens with one attached hydrogen (secondary N) is 1. The molecule has 1 atom stereocenters. The number of carbonyl (C=O) groups is 2. The molecule has 3 rings (SSSR count). The van der Waals surface area contributed by atoms with Crippen molar-refractivity contribution in [2.45, 2.75) is 24.3 Å². The molecule has 0 saturated carbocycles. The van der Waals surface area contributed by atoms with Crippen LogP contribution in [-0.2, 0) is 4.79 Å². The van der Waals surface area contributed by atoms with Crippen molar-refractivity contribution in [3.8, 4) is 5.69 Å². The van der Waals surface area contributed by atoms with Crippen LogP contribution in [0.25, 0.3) is 5.69 Å². The van der Waals surface area contributed by atoms with E-state index in [0.717, 1.165) is 0 Å². The summed E-state index contributed by atoms with van der Waals surface area (Å²) in [5, 5.41) is 10.5. The Morgan fingerprint density at radius 2 is 1.85 bits per heavy atom. The number of nitrogens with zero attached hydrogens (tertiary/aromatic N) is 3. The first-order valence-electron chi connectivity index (χ1n) is 8.19. The van der Waals surface area contributed by atoms with Gasteiger partial charge in [-0.3, -0.25) is 14.2 Å². The van der Waals surface area contributed by atoms with Crippen LogP contribution in [0.5, 0.6) is 0 Å². The Labute approximate surface area is 159 Å². The van der Waals surface area contributed by atoms with E-state index in [2.05, 4.69) is 15.5 Å². The first-order valence-corrected chi connectivity index (χ1v) is 9.07. The van der Waals surface area contributed by atoms with Crippen molar-refractivity contribution < 1.29 is 14.0 Å². The molecular formula is C19H17FN4O2S. The molecule has 0 unspecified atom stereocenters. The summed E-state index contributed by atoms with van der Waals surface area (Å²) in [6, 6.07) is 12.9. The van der Waals surface area contributed by atoms with Crippen LogP contribution in [0.4, 0.5) is 10.1 Å². The lowest BCUT2D eigenvalue weighted by molar-refractivity contribution is -0.115. The summed E-state index contributed by atoms with van der Waals surface area (Å²) in [5.41, 5.74) is 1.49. The summed E-state index contributed by atoms with van der Waals surface area (Å²) >= 11 is 1.17. The molecule has 0 saturated heterocycles. The zero-order valence-corrected chi connectivity index (χ0v) is 15.5. The van der Waals surface area contributed by atoms with Gasteiger partial charge in [-0.15, -0.1) is 10.2 Å². The normalized spacial score (nSPS) is 11.8. The minimum Gasteiger partial charge on any atom is -0.325 e. The standard InChI is InChI=1S/C19H17FN4O2S/c1-12(25)14-7-9-15(10-8-14)22-18(26)13(2)27-19-23-21-11-24(19)17-6-4-3-5-16(17)20/h3-11,13H,1-2H3,(H,22,26)/t13-/m1/s1. The highest BCUT2D eigenvalue weighted by atomic mass is 32.2. The molecule has 0 aliphatic rings. The van der Waals surface area contributed by atoms with E-state index in [1.807, 2.05) is 0 Å². The van der Waals surface area contributed by atoms with Gasteiger partial charge in [0.05, 0.1) is 10.9 Å². The molecular weight excluding hydrogens is 367 g/mol. The summed E-state index contributed by atoms with van der Waals surface area (Å²) in [4.78, 5) is 23.7. The molecule has 1 aromatic heterocycles. The molecule has 2 aromatic carbocycles. The van der Waals surface area contributed by atoms with Gasteiger partial charge in [0.15, 0.2) is 10.9 Å². The fourth-order valence-electron chi connectivity index (χ4n) is 2.36. The second kappa shape index (κ2) is 8.13. The first-order chi connectivity index (χ1) is 13.0. The fraction of sp³-hybridized carbons (Fsp3) is 0.158. The quantitative estimate of drug-likeness (QED) is 0.518.